The maximum atomic E-state index is 12.8. The molecule has 1 aliphatic rings. The zero-order valence-corrected chi connectivity index (χ0v) is 19.1. The maximum Gasteiger partial charge on any atom is 0.256 e. The van der Waals surface area contributed by atoms with Gasteiger partial charge in [0.2, 0.25) is 15.9 Å². The molecule has 2 heterocycles. The summed E-state index contributed by atoms with van der Waals surface area (Å²) in [6, 6.07) is 9.59. The van der Waals surface area contributed by atoms with Crippen molar-refractivity contribution in [2.75, 3.05) is 31.2 Å². The van der Waals surface area contributed by atoms with E-state index < -0.39 is 10.0 Å². The number of hydrogen-bond acceptors (Lipinski definition) is 6. The highest BCUT2D eigenvalue weighted by Crippen LogP contribution is 2.23. The van der Waals surface area contributed by atoms with Crippen LogP contribution in [0.15, 0.2) is 52.5 Å². The number of carbonyl (C=O) groups is 2. The number of nitrogens with one attached hydrogen (secondary N) is 2. The lowest BCUT2D eigenvalue weighted by Crippen LogP contribution is -2.41. The van der Waals surface area contributed by atoms with Crippen LogP contribution >= 0.6 is 11.8 Å². The average molecular weight is 463 g/mol. The third kappa shape index (κ3) is 6.05. The molecule has 0 radical (unpaired) electrons. The molecule has 0 unspecified atom stereocenters. The zero-order valence-electron chi connectivity index (χ0n) is 17.5. The summed E-state index contributed by atoms with van der Waals surface area (Å²) in [6.45, 7) is 2.88. The largest absolute Gasteiger partial charge is 0.339 e. The van der Waals surface area contributed by atoms with Crippen molar-refractivity contribution >= 4 is 39.3 Å². The average Bonchev–Trinajstić information content (AvgIpc) is 2.77. The highest BCUT2D eigenvalue weighted by atomic mass is 32.2. The number of anilines is 1. The smallest absolute Gasteiger partial charge is 0.256 e. The summed E-state index contributed by atoms with van der Waals surface area (Å²) in [5, 5.41) is 3.32. The number of carbonyl (C=O) groups excluding carboxylic acids is 2. The molecular weight excluding hydrogens is 436 g/mol. The lowest BCUT2D eigenvalue weighted by Gasteiger charge is -2.32. The second-order valence-corrected chi connectivity index (χ2v) is 9.92. The third-order valence-corrected chi connectivity index (χ3v) is 7.30. The van der Waals surface area contributed by atoms with E-state index in [1.54, 1.807) is 30.5 Å². The Hall–Kier alpha value is -2.43. The van der Waals surface area contributed by atoms with Gasteiger partial charge in [-0.15, -0.1) is 11.8 Å². The van der Waals surface area contributed by atoms with Crippen molar-refractivity contribution in [2.24, 2.45) is 5.92 Å². The fourth-order valence-electron chi connectivity index (χ4n) is 3.46. The van der Waals surface area contributed by atoms with Gasteiger partial charge in [-0.05, 0) is 61.4 Å². The number of aromatic nitrogens is 1. The van der Waals surface area contributed by atoms with E-state index in [1.165, 1.54) is 30.8 Å². The Kier molecular flexibility index (Phi) is 7.69. The van der Waals surface area contributed by atoms with Gasteiger partial charge in [-0.25, -0.2) is 18.1 Å². The van der Waals surface area contributed by atoms with Gasteiger partial charge in [0.05, 0.1) is 10.5 Å². The monoisotopic (exact) mass is 462 g/mol. The number of rotatable bonds is 7. The van der Waals surface area contributed by atoms with Crippen LogP contribution in [0.4, 0.5) is 5.69 Å². The molecule has 31 heavy (non-hydrogen) atoms. The molecule has 166 valence electrons. The summed E-state index contributed by atoms with van der Waals surface area (Å²) in [7, 11) is -3.64. The van der Waals surface area contributed by atoms with E-state index in [0.29, 0.717) is 35.9 Å². The van der Waals surface area contributed by atoms with Crippen LogP contribution in [0, 0.1) is 5.92 Å². The summed E-state index contributed by atoms with van der Waals surface area (Å²) in [5.41, 5.74) is 1.15. The first-order chi connectivity index (χ1) is 14.8. The number of thioether (sulfide) groups is 1. The van der Waals surface area contributed by atoms with Gasteiger partial charge in [-0.2, -0.15) is 0 Å². The van der Waals surface area contributed by atoms with Crippen LogP contribution in [0.1, 0.15) is 30.1 Å². The summed E-state index contributed by atoms with van der Waals surface area (Å²) in [5.74, 6) is -0.0890. The minimum Gasteiger partial charge on any atom is -0.339 e. The molecule has 2 aromatic rings. The number of nitrogens with zero attached hydrogens (tertiary/aromatic N) is 2. The molecule has 8 nitrogen and oxygen atoms in total. The molecule has 2 amide bonds. The highest BCUT2D eigenvalue weighted by molar-refractivity contribution is 7.98. The molecule has 1 saturated heterocycles. The number of benzene rings is 1. The standard InChI is InChI=1S/C21H26N4O4S2/c1-15(26)24-17-5-7-18(8-6-17)31(28,29)23-14-16-9-12-25(13-10-16)21(27)19-4-3-11-22-20(19)30-2/h3-8,11,16,23H,9-10,12-14H2,1-2H3,(H,24,26). The van der Waals surface area contributed by atoms with Gasteiger partial charge in [0.1, 0.15) is 5.03 Å². The lowest BCUT2D eigenvalue weighted by molar-refractivity contribution is -0.114. The van der Waals surface area contributed by atoms with Crippen molar-refractivity contribution in [3.8, 4) is 0 Å². The summed E-state index contributed by atoms with van der Waals surface area (Å²) >= 11 is 1.44. The van der Waals surface area contributed by atoms with Crippen LogP contribution < -0.4 is 10.0 Å². The van der Waals surface area contributed by atoms with E-state index in [0.717, 1.165) is 12.8 Å². The summed E-state index contributed by atoms with van der Waals surface area (Å²) in [6.07, 6.45) is 5.02. The molecule has 1 aromatic carbocycles. The van der Waals surface area contributed by atoms with E-state index in [2.05, 4.69) is 15.0 Å². The number of sulfonamides is 1. The van der Waals surface area contributed by atoms with Crippen molar-refractivity contribution in [2.45, 2.75) is 29.7 Å². The van der Waals surface area contributed by atoms with Gasteiger partial charge in [0.25, 0.3) is 5.91 Å². The first kappa shape index (κ1) is 23.2. The second kappa shape index (κ2) is 10.3. The van der Waals surface area contributed by atoms with Gasteiger partial charge in [-0.1, -0.05) is 0 Å². The van der Waals surface area contributed by atoms with Crippen LogP contribution in [-0.2, 0) is 14.8 Å². The van der Waals surface area contributed by atoms with Crippen molar-refractivity contribution in [3.05, 3.63) is 48.2 Å². The molecule has 0 saturated carbocycles. The predicted molar refractivity (Wildman–Crippen MR) is 121 cm³/mol. The minimum absolute atomic E-state index is 0.0317. The Labute approximate surface area is 186 Å². The Morgan fingerprint density at radius 2 is 1.84 bits per heavy atom. The van der Waals surface area contributed by atoms with Crippen LogP contribution in [0.25, 0.3) is 0 Å². The van der Waals surface area contributed by atoms with E-state index >= 15 is 0 Å². The molecule has 1 fully saturated rings. The Morgan fingerprint density at radius 3 is 2.45 bits per heavy atom. The molecule has 0 bridgehead atoms. The third-order valence-electron chi connectivity index (χ3n) is 5.14. The topological polar surface area (TPSA) is 108 Å². The summed E-state index contributed by atoms with van der Waals surface area (Å²) < 4.78 is 27.8. The number of amides is 2. The first-order valence-electron chi connectivity index (χ1n) is 9.96. The van der Waals surface area contributed by atoms with Crippen molar-refractivity contribution in [3.63, 3.8) is 0 Å². The van der Waals surface area contributed by atoms with E-state index in [4.69, 9.17) is 0 Å². The van der Waals surface area contributed by atoms with Crippen LogP contribution in [0.5, 0.6) is 0 Å². The Balaban J connectivity index is 1.52. The lowest BCUT2D eigenvalue weighted by atomic mass is 9.97. The van der Waals surface area contributed by atoms with Crippen molar-refractivity contribution in [1.82, 2.24) is 14.6 Å². The molecule has 0 aliphatic carbocycles. The highest BCUT2D eigenvalue weighted by Gasteiger charge is 2.26. The molecule has 0 spiro atoms. The van der Waals surface area contributed by atoms with Crippen molar-refractivity contribution < 1.29 is 18.0 Å². The van der Waals surface area contributed by atoms with Crippen molar-refractivity contribution in [1.29, 1.82) is 0 Å². The summed E-state index contributed by atoms with van der Waals surface area (Å²) in [4.78, 5) is 30.1. The molecule has 1 aromatic heterocycles. The predicted octanol–water partition coefficient (Wildman–Crippen LogP) is 2.59. The first-order valence-corrected chi connectivity index (χ1v) is 12.7. The van der Waals surface area contributed by atoms with E-state index in [1.807, 2.05) is 11.2 Å². The molecular formula is C21H26N4O4S2. The van der Waals surface area contributed by atoms with Crippen LogP contribution in [-0.4, -0.2) is 56.0 Å². The zero-order chi connectivity index (χ0) is 22.4. The fourth-order valence-corrected chi connectivity index (χ4v) is 5.12. The number of piperidine rings is 1. The Bertz CT molecular complexity index is 1030. The molecule has 1 aliphatic heterocycles. The SMILES string of the molecule is CSc1ncccc1C(=O)N1CCC(CNS(=O)(=O)c2ccc(NC(C)=O)cc2)CC1. The van der Waals surface area contributed by atoms with Crippen LogP contribution in [0.3, 0.4) is 0 Å². The van der Waals surface area contributed by atoms with E-state index in [-0.39, 0.29) is 22.6 Å². The normalized spacial score (nSPS) is 15.0. The Morgan fingerprint density at radius 1 is 1.16 bits per heavy atom. The molecule has 2 N–H and O–H groups in total. The number of likely N-dealkylation sites (tertiary alicyclic amines) is 1. The van der Waals surface area contributed by atoms with Crippen LogP contribution in [0.2, 0.25) is 0 Å². The quantitative estimate of drug-likeness (QED) is 0.613. The number of pyridine rings is 1. The fraction of sp³-hybridized carbons (Fsp3) is 0.381. The molecule has 3 rings (SSSR count). The van der Waals surface area contributed by atoms with Gasteiger partial charge < -0.3 is 10.2 Å². The molecule has 10 heteroatoms. The molecule has 0 atom stereocenters. The van der Waals surface area contributed by atoms with E-state index in [9.17, 15) is 18.0 Å². The van der Waals surface area contributed by atoms with Gasteiger partial charge >= 0.3 is 0 Å². The van der Waals surface area contributed by atoms with Gasteiger partial charge in [-0.3, -0.25) is 9.59 Å². The minimum atomic E-state index is -3.64. The second-order valence-electron chi connectivity index (χ2n) is 7.35. The van der Waals surface area contributed by atoms with Gasteiger partial charge in [0.15, 0.2) is 0 Å². The maximum absolute atomic E-state index is 12.8. The van der Waals surface area contributed by atoms with Gasteiger partial charge in [0, 0.05) is 38.4 Å². The number of hydrogen-bond donors (Lipinski definition) is 2.